The van der Waals surface area contributed by atoms with Crippen LogP contribution in [0, 0.1) is 5.92 Å². The van der Waals surface area contributed by atoms with Gasteiger partial charge in [-0.2, -0.15) is 0 Å². The minimum absolute atomic E-state index is 0.0889. The van der Waals surface area contributed by atoms with Crippen molar-refractivity contribution in [2.24, 2.45) is 5.92 Å². The van der Waals surface area contributed by atoms with E-state index >= 15 is 0 Å². The monoisotopic (exact) mass is 267 g/mol. The van der Waals surface area contributed by atoms with Crippen LogP contribution >= 0.6 is 0 Å². The van der Waals surface area contributed by atoms with Gasteiger partial charge in [-0.05, 0) is 18.1 Å². The van der Waals surface area contributed by atoms with E-state index in [4.69, 9.17) is 5.11 Å². The second kappa shape index (κ2) is 11.1. The molecule has 19 heavy (non-hydrogen) atoms. The van der Waals surface area contributed by atoms with Gasteiger partial charge in [-0.1, -0.05) is 33.8 Å². The van der Waals surface area contributed by atoms with Crippen LogP contribution in [0.2, 0.25) is 0 Å². The Morgan fingerprint density at radius 2 is 1.84 bits per heavy atom. The Bertz CT molecular complexity index is 387. The van der Waals surface area contributed by atoms with Crippen LogP contribution in [0.5, 0.6) is 5.75 Å². The SMILES string of the molecule is C=CC(C)C.CC.CNc1ccc(C(=O)O)c(O)c1. The first-order valence-corrected chi connectivity index (χ1v) is 6.29. The molecule has 0 heterocycles. The molecule has 0 radical (unpaired) electrons. The molecule has 0 aliphatic carbocycles. The molecule has 0 spiro atoms. The number of carboxylic acid groups (broad SMARTS) is 1. The number of nitrogens with one attached hydrogen (secondary N) is 1. The van der Waals surface area contributed by atoms with E-state index in [-0.39, 0.29) is 11.3 Å². The zero-order valence-electron chi connectivity index (χ0n) is 12.4. The molecule has 0 atom stereocenters. The van der Waals surface area contributed by atoms with Crippen LogP contribution in [-0.4, -0.2) is 23.2 Å². The molecule has 0 fully saturated rings. The zero-order chi connectivity index (χ0) is 15.4. The number of hydrogen-bond acceptors (Lipinski definition) is 3. The van der Waals surface area contributed by atoms with Crippen LogP contribution < -0.4 is 5.32 Å². The summed E-state index contributed by atoms with van der Waals surface area (Å²) in [7, 11) is 1.69. The third-order valence-corrected chi connectivity index (χ3v) is 1.99. The Hall–Kier alpha value is -1.97. The predicted molar refractivity (Wildman–Crippen MR) is 81.0 cm³/mol. The maximum Gasteiger partial charge on any atom is 0.339 e. The van der Waals surface area contributed by atoms with Gasteiger partial charge in [-0.25, -0.2) is 4.79 Å². The first kappa shape index (κ1) is 19.4. The number of hydrogen-bond donors (Lipinski definition) is 3. The highest BCUT2D eigenvalue weighted by atomic mass is 16.4. The van der Waals surface area contributed by atoms with Gasteiger partial charge < -0.3 is 15.5 Å². The molecular formula is C15H25NO3. The van der Waals surface area contributed by atoms with E-state index in [0.29, 0.717) is 11.6 Å². The van der Waals surface area contributed by atoms with Gasteiger partial charge in [0.25, 0.3) is 0 Å². The molecule has 0 aliphatic rings. The topological polar surface area (TPSA) is 69.6 Å². The van der Waals surface area contributed by atoms with Crippen LogP contribution in [0.25, 0.3) is 0 Å². The molecule has 0 aliphatic heterocycles. The molecule has 0 saturated carbocycles. The highest BCUT2D eigenvalue weighted by molar-refractivity contribution is 5.91. The fourth-order valence-electron chi connectivity index (χ4n) is 0.868. The van der Waals surface area contributed by atoms with Crippen molar-refractivity contribution in [1.29, 1.82) is 0 Å². The summed E-state index contributed by atoms with van der Waals surface area (Å²) in [6.07, 6.45) is 1.92. The molecule has 1 aromatic rings. The van der Waals surface area contributed by atoms with E-state index in [1.165, 1.54) is 12.1 Å². The number of benzene rings is 1. The van der Waals surface area contributed by atoms with Gasteiger partial charge >= 0.3 is 5.97 Å². The number of aromatic carboxylic acids is 1. The Balaban J connectivity index is 0. The summed E-state index contributed by atoms with van der Waals surface area (Å²) in [5.74, 6) is -0.709. The third-order valence-electron chi connectivity index (χ3n) is 1.99. The predicted octanol–water partition coefficient (Wildman–Crippen LogP) is 3.99. The number of rotatable bonds is 3. The quantitative estimate of drug-likeness (QED) is 0.724. The molecule has 3 N–H and O–H groups in total. The van der Waals surface area contributed by atoms with Crippen molar-refractivity contribution in [3.63, 3.8) is 0 Å². The zero-order valence-corrected chi connectivity index (χ0v) is 12.4. The Kier molecular flexibility index (Phi) is 11.4. The number of allylic oxidation sites excluding steroid dienone is 1. The van der Waals surface area contributed by atoms with Crippen molar-refractivity contribution in [1.82, 2.24) is 0 Å². The van der Waals surface area contributed by atoms with Crippen molar-refractivity contribution >= 4 is 11.7 Å². The van der Waals surface area contributed by atoms with Gasteiger partial charge in [0.05, 0.1) is 0 Å². The Morgan fingerprint density at radius 3 is 2.11 bits per heavy atom. The smallest absolute Gasteiger partial charge is 0.339 e. The van der Waals surface area contributed by atoms with Gasteiger partial charge in [0, 0.05) is 18.8 Å². The van der Waals surface area contributed by atoms with E-state index in [0.717, 1.165) is 0 Å². The molecule has 108 valence electrons. The minimum atomic E-state index is -1.13. The standard InChI is InChI=1S/C8H9NO3.C5H10.C2H6/c1-9-5-2-3-6(8(11)12)7(10)4-5;1-4-5(2)3;1-2/h2-4,9-10H,1H3,(H,11,12);4-5H,1H2,2-3H3;1-2H3. The summed E-state index contributed by atoms with van der Waals surface area (Å²) in [4.78, 5) is 10.4. The van der Waals surface area contributed by atoms with Crippen LogP contribution in [0.1, 0.15) is 38.1 Å². The molecule has 0 saturated heterocycles. The van der Waals surface area contributed by atoms with Crippen LogP contribution in [0.15, 0.2) is 30.9 Å². The van der Waals surface area contributed by atoms with E-state index in [1.54, 1.807) is 13.1 Å². The first-order valence-electron chi connectivity index (χ1n) is 6.29. The highest BCUT2D eigenvalue weighted by Crippen LogP contribution is 2.21. The maximum absolute atomic E-state index is 10.4. The second-order valence-corrected chi connectivity index (χ2v) is 3.77. The van der Waals surface area contributed by atoms with E-state index in [9.17, 15) is 9.90 Å². The number of carboxylic acids is 1. The average molecular weight is 267 g/mol. The van der Waals surface area contributed by atoms with E-state index in [1.807, 2.05) is 19.9 Å². The number of aromatic hydroxyl groups is 1. The first-order chi connectivity index (χ1) is 8.92. The van der Waals surface area contributed by atoms with E-state index < -0.39 is 5.97 Å². The van der Waals surface area contributed by atoms with Crippen molar-refractivity contribution in [2.75, 3.05) is 12.4 Å². The highest BCUT2D eigenvalue weighted by Gasteiger charge is 2.08. The van der Waals surface area contributed by atoms with Crippen molar-refractivity contribution in [3.05, 3.63) is 36.4 Å². The molecule has 0 bridgehead atoms. The average Bonchev–Trinajstić information content (AvgIpc) is 2.41. The Morgan fingerprint density at radius 1 is 1.37 bits per heavy atom. The van der Waals surface area contributed by atoms with Crippen molar-refractivity contribution < 1.29 is 15.0 Å². The summed E-state index contributed by atoms with van der Waals surface area (Å²) in [5, 5.41) is 20.5. The lowest BCUT2D eigenvalue weighted by atomic mass is 10.2. The number of anilines is 1. The summed E-state index contributed by atoms with van der Waals surface area (Å²) in [6.45, 7) is 11.8. The summed E-state index contributed by atoms with van der Waals surface area (Å²) < 4.78 is 0. The van der Waals surface area contributed by atoms with Crippen molar-refractivity contribution in [3.8, 4) is 5.75 Å². The molecular weight excluding hydrogens is 242 g/mol. The lowest BCUT2D eigenvalue weighted by molar-refractivity contribution is 0.0694. The van der Waals surface area contributed by atoms with Gasteiger partial charge in [0.15, 0.2) is 0 Å². The van der Waals surface area contributed by atoms with Gasteiger partial charge in [0.1, 0.15) is 11.3 Å². The molecule has 0 aromatic heterocycles. The maximum atomic E-state index is 10.4. The number of phenols is 1. The van der Waals surface area contributed by atoms with Gasteiger partial charge in [0.2, 0.25) is 0 Å². The van der Waals surface area contributed by atoms with Gasteiger partial charge in [-0.3, -0.25) is 0 Å². The largest absolute Gasteiger partial charge is 0.507 e. The van der Waals surface area contributed by atoms with Gasteiger partial charge in [-0.15, -0.1) is 6.58 Å². The van der Waals surface area contributed by atoms with Crippen LogP contribution in [0.4, 0.5) is 5.69 Å². The lowest BCUT2D eigenvalue weighted by Gasteiger charge is -2.02. The summed E-state index contributed by atoms with van der Waals surface area (Å²) in [6, 6.07) is 4.30. The fourth-order valence-corrected chi connectivity index (χ4v) is 0.868. The molecule has 0 amide bonds. The second-order valence-electron chi connectivity index (χ2n) is 3.77. The number of carbonyl (C=O) groups is 1. The Labute approximate surface area is 115 Å². The minimum Gasteiger partial charge on any atom is -0.507 e. The molecule has 4 nitrogen and oxygen atoms in total. The van der Waals surface area contributed by atoms with Crippen LogP contribution in [-0.2, 0) is 0 Å². The molecule has 4 heteroatoms. The molecule has 0 unspecified atom stereocenters. The summed E-state index contributed by atoms with van der Waals surface area (Å²) in [5.41, 5.74) is 0.589. The normalized spacial score (nSPS) is 8.53. The van der Waals surface area contributed by atoms with Crippen LogP contribution in [0.3, 0.4) is 0 Å². The van der Waals surface area contributed by atoms with E-state index in [2.05, 4.69) is 25.7 Å². The fraction of sp³-hybridized carbons (Fsp3) is 0.400. The third kappa shape index (κ3) is 8.71. The van der Waals surface area contributed by atoms with Crippen molar-refractivity contribution in [2.45, 2.75) is 27.7 Å². The lowest BCUT2D eigenvalue weighted by Crippen LogP contribution is -1.97. The summed E-state index contributed by atoms with van der Waals surface area (Å²) >= 11 is 0. The molecule has 1 rings (SSSR count). The molecule has 1 aromatic carbocycles.